The van der Waals surface area contributed by atoms with Gasteiger partial charge in [-0.05, 0) is 63.9 Å². The topological polar surface area (TPSA) is 84.9 Å². The van der Waals surface area contributed by atoms with Crippen LogP contribution in [-0.4, -0.2) is 60.1 Å². The first-order valence-corrected chi connectivity index (χ1v) is 14.9. The number of fused-ring (bicyclic) bond motifs is 1. The fraction of sp³-hybridized carbons (Fsp3) is 0.710. The number of esters is 2. The lowest BCUT2D eigenvalue weighted by Crippen LogP contribution is -2.55. The van der Waals surface area contributed by atoms with Crippen LogP contribution >= 0.6 is 0 Å². The number of nitrogens with zero attached hydrogens (tertiary/aromatic N) is 1. The highest BCUT2D eigenvalue weighted by Gasteiger charge is 2.50. The maximum absolute atomic E-state index is 13.8. The Morgan fingerprint density at radius 1 is 1.00 bits per heavy atom. The number of ether oxygens (including phenoxy) is 2. The number of benzene rings is 1. The summed E-state index contributed by atoms with van der Waals surface area (Å²) in [6.45, 7) is 6.47. The van der Waals surface area contributed by atoms with Crippen molar-refractivity contribution in [3.63, 3.8) is 0 Å². The molecule has 1 N–H and O–H groups in total. The summed E-state index contributed by atoms with van der Waals surface area (Å²) < 4.78 is 11.0. The largest absolute Gasteiger partial charge is 0.465 e. The monoisotopic (exact) mass is 528 g/mol. The van der Waals surface area contributed by atoms with Gasteiger partial charge in [0.2, 0.25) is 5.91 Å². The molecule has 0 aromatic heterocycles. The Kier molecular flexibility index (Phi) is 12.6. The molecule has 7 heteroatoms. The molecule has 1 aromatic rings. The van der Waals surface area contributed by atoms with Crippen molar-refractivity contribution in [3.8, 4) is 0 Å². The van der Waals surface area contributed by atoms with E-state index in [1.807, 2.05) is 30.3 Å². The van der Waals surface area contributed by atoms with E-state index < -0.39 is 18.1 Å². The minimum Gasteiger partial charge on any atom is -0.465 e. The van der Waals surface area contributed by atoms with Crippen LogP contribution in [0.2, 0.25) is 0 Å². The van der Waals surface area contributed by atoms with Crippen LogP contribution in [0.3, 0.4) is 0 Å². The fourth-order valence-electron chi connectivity index (χ4n) is 6.03. The highest BCUT2D eigenvalue weighted by Crippen LogP contribution is 2.42. The molecule has 3 rings (SSSR count). The van der Waals surface area contributed by atoms with Gasteiger partial charge >= 0.3 is 11.9 Å². The van der Waals surface area contributed by atoms with Crippen LogP contribution in [0, 0.1) is 5.92 Å². The highest BCUT2D eigenvalue weighted by atomic mass is 16.5. The minimum absolute atomic E-state index is 0.0729. The second-order valence-corrected chi connectivity index (χ2v) is 10.9. The Balaban J connectivity index is 1.60. The normalized spacial score (nSPS) is 22.1. The number of unbranched alkanes of at least 4 members (excludes halogenated alkanes) is 5. The van der Waals surface area contributed by atoms with Crippen molar-refractivity contribution >= 4 is 17.8 Å². The van der Waals surface area contributed by atoms with E-state index in [1.165, 1.54) is 25.7 Å². The number of carbonyl (C=O) groups excluding carboxylic acids is 3. The number of amides is 1. The molecule has 1 heterocycles. The molecule has 5 atom stereocenters. The van der Waals surface area contributed by atoms with Gasteiger partial charge in [0.1, 0.15) is 12.1 Å². The lowest BCUT2D eigenvalue weighted by atomic mass is 10.0. The maximum atomic E-state index is 13.8. The van der Waals surface area contributed by atoms with Crippen LogP contribution in [0.25, 0.3) is 0 Å². The molecule has 1 aromatic carbocycles. The van der Waals surface area contributed by atoms with Crippen LogP contribution < -0.4 is 5.32 Å². The van der Waals surface area contributed by atoms with Gasteiger partial charge in [-0.3, -0.25) is 14.9 Å². The molecule has 2 aliphatic rings. The standard InChI is InChI=1S/C31H48N2O5/c1-4-6-7-8-9-13-21-38-31(36)28-22-25-17-14-18-27(25)33(28)29(34)23(3)32-26(30(35)37-5-2)20-19-24-15-11-10-12-16-24/h10-12,15-16,23,25-28,32H,4-9,13-14,17-22H2,1-3H3/t23-,25-,26-,27-,28-/m0/s1. The Bertz CT molecular complexity index is 876. The molecule has 0 radical (unpaired) electrons. The molecule has 1 saturated heterocycles. The van der Waals surface area contributed by atoms with E-state index in [0.29, 0.717) is 31.8 Å². The third kappa shape index (κ3) is 8.55. The molecular formula is C31H48N2O5. The zero-order valence-electron chi connectivity index (χ0n) is 23.7. The Morgan fingerprint density at radius 2 is 1.74 bits per heavy atom. The summed E-state index contributed by atoms with van der Waals surface area (Å²) in [6, 6.07) is 8.30. The third-order valence-corrected chi connectivity index (χ3v) is 8.06. The molecule has 1 aliphatic heterocycles. The quantitative estimate of drug-likeness (QED) is 0.234. The number of hydrogen-bond donors (Lipinski definition) is 1. The SMILES string of the molecule is CCCCCCCCOC(=O)[C@@H]1C[C@@H]2CCC[C@@H]2N1C(=O)[C@H](C)N[C@@H](CCc1ccccc1)C(=O)OCC. The van der Waals surface area contributed by atoms with Gasteiger partial charge in [-0.25, -0.2) is 4.79 Å². The smallest absolute Gasteiger partial charge is 0.328 e. The summed E-state index contributed by atoms with van der Waals surface area (Å²) in [5.74, 6) is -0.413. The van der Waals surface area contributed by atoms with Crippen LogP contribution in [0.4, 0.5) is 0 Å². The summed E-state index contributed by atoms with van der Waals surface area (Å²) in [5, 5.41) is 3.25. The van der Waals surface area contributed by atoms with Gasteiger partial charge in [0, 0.05) is 6.04 Å². The predicted octanol–water partition coefficient (Wildman–Crippen LogP) is 5.20. The summed E-state index contributed by atoms with van der Waals surface area (Å²) in [7, 11) is 0. The van der Waals surface area contributed by atoms with Crippen molar-refractivity contribution in [2.24, 2.45) is 5.92 Å². The molecule has 212 valence electrons. The molecule has 0 unspecified atom stereocenters. The molecule has 0 spiro atoms. The van der Waals surface area contributed by atoms with Gasteiger partial charge < -0.3 is 14.4 Å². The first-order valence-electron chi connectivity index (χ1n) is 14.9. The lowest BCUT2D eigenvalue weighted by Gasteiger charge is -2.32. The Hall–Kier alpha value is -2.41. The van der Waals surface area contributed by atoms with Gasteiger partial charge in [0.15, 0.2) is 0 Å². The van der Waals surface area contributed by atoms with E-state index >= 15 is 0 Å². The van der Waals surface area contributed by atoms with Gasteiger partial charge in [-0.1, -0.05) is 75.8 Å². The zero-order chi connectivity index (χ0) is 27.3. The highest BCUT2D eigenvalue weighted by molar-refractivity contribution is 5.89. The molecular weight excluding hydrogens is 480 g/mol. The van der Waals surface area contributed by atoms with Crippen molar-refractivity contribution in [3.05, 3.63) is 35.9 Å². The number of nitrogens with one attached hydrogen (secondary N) is 1. The van der Waals surface area contributed by atoms with E-state index in [0.717, 1.165) is 37.7 Å². The summed E-state index contributed by atoms with van der Waals surface area (Å²) >= 11 is 0. The number of aryl methyl sites for hydroxylation is 1. The first kappa shape index (κ1) is 30.1. The maximum Gasteiger partial charge on any atom is 0.328 e. The average molecular weight is 529 g/mol. The number of hydrogen-bond acceptors (Lipinski definition) is 6. The number of carbonyl (C=O) groups is 3. The molecule has 1 amide bonds. The van der Waals surface area contributed by atoms with Crippen molar-refractivity contribution in [2.45, 2.75) is 122 Å². The molecule has 1 aliphatic carbocycles. The molecule has 2 fully saturated rings. The second-order valence-electron chi connectivity index (χ2n) is 10.9. The van der Waals surface area contributed by atoms with E-state index in [2.05, 4.69) is 12.2 Å². The van der Waals surface area contributed by atoms with Crippen LogP contribution in [0.15, 0.2) is 30.3 Å². The van der Waals surface area contributed by atoms with Crippen LogP contribution in [-0.2, 0) is 30.3 Å². The van der Waals surface area contributed by atoms with Gasteiger partial charge in [-0.2, -0.15) is 0 Å². The minimum atomic E-state index is -0.617. The zero-order valence-corrected chi connectivity index (χ0v) is 23.7. The third-order valence-electron chi connectivity index (χ3n) is 8.06. The van der Waals surface area contributed by atoms with Crippen LogP contribution in [0.1, 0.15) is 97.0 Å². The van der Waals surface area contributed by atoms with Gasteiger partial charge in [0.05, 0.1) is 19.3 Å². The summed E-state index contributed by atoms with van der Waals surface area (Å²) in [5.41, 5.74) is 1.13. The molecule has 1 saturated carbocycles. The van der Waals surface area contributed by atoms with Gasteiger partial charge in [0.25, 0.3) is 0 Å². The molecule has 0 bridgehead atoms. The van der Waals surface area contributed by atoms with E-state index in [-0.39, 0.29) is 30.5 Å². The Morgan fingerprint density at radius 3 is 2.47 bits per heavy atom. The Labute approximate surface area is 229 Å². The summed E-state index contributed by atoms with van der Waals surface area (Å²) in [6.07, 6.45) is 11.7. The lowest BCUT2D eigenvalue weighted by molar-refractivity contribution is -0.156. The van der Waals surface area contributed by atoms with E-state index in [1.54, 1.807) is 18.7 Å². The molecule has 7 nitrogen and oxygen atoms in total. The number of rotatable bonds is 16. The first-order chi connectivity index (χ1) is 18.5. The number of likely N-dealkylation sites (tertiary alicyclic amines) is 1. The van der Waals surface area contributed by atoms with Crippen molar-refractivity contribution in [1.29, 1.82) is 0 Å². The van der Waals surface area contributed by atoms with Gasteiger partial charge in [-0.15, -0.1) is 0 Å². The second kappa shape index (κ2) is 15.9. The fourth-order valence-corrected chi connectivity index (χ4v) is 6.03. The molecule has 38 heavy (non-hydrogen) atoms. The van der Waals surface area contributed by atoms with Crippen molar-refractivity contribution < 1.29 is 23.9 Å². The summed E-state index contributed by atoms with van der Waals surface area (Å²) in [4.78, 5) is 41.4. The van der Waals surface area contributed by atoms with Crippen LogP contribution in [0.5, 0.6) is 0 Å². The van der Waals surface area contributed by atoms with E-state index in [9.17, 15) is 14.4 Å². The van der Waals surface area contributed by atoms with Crippen molar-refractivity contribution in [1.82, 2.24) is 10.2 Å². The van der Waals surface area contributed by atoms with E-state index in [4.69, 9.17) is 9.47 Å². The van der Waals surface area contributed by atoms with Crippen molar-refractivity contribution in [2.75, 3.05) is 13.2 Å². The predicted molar refractivity (Wildman–Crippen MR) is 148 cm³/mol. The average Bonchev–Trinajstić information content (AvgIpc) is 3.52.